The first-order valence-corrected chi connectivity index (χ1v) is 12.1. The van der Waals surface area contributed by atoms with Crippen LogP contribution in [0.2, 0.25) is 0 Å². The van der Waals surface area contributed by atoms with Gasteiger partial charge in [0.2, 0.25) is 0 Å². The predicted octanol–water partition coefficient (Wildman–Crippen LogP) is 4.71. The quantitative estimate of drug-likeness (QED) is 0.390. The van der Waals surface area contributed by atoms with E-state index in [1.807, 2.05) is 24.0 Å². The minimum absolute atomic E-state index is 0.0990. The van der Waals surface area contributed by atoms with Crippen molar-refractivity contribution >= 4 is 11.9 Å². The van der Waals surface area contributed by atoms with Gasteiger partial charge in [-0.3, -0.25) is 4.79 Å². The average molecular weight is 506 g/mol. The molecular formula is C29H31NO7. The molecule has 1 amide bonds. The predicted molar refractivity (Wildman–Crippen MR) is 138 cm³/mol. The van der Waals surface area contributed by atoms with Crippen LogP contribution in [0.5, 0.6) is 23.0 Å². The summed E-state index contributed by atoms with van der Waals surface area (Å²) in [4.78, 5) is 27.2. The number of ether oxygens (including phenoxy) is 5. The van der Waals surface area contributed by atoms with Crippen LogP contribution in [0.15, 0.2) is 60.7 Å². The molecule has 0 radical (unpaired) electrons. The van der Waals surface area contributed by atoms with Gasteiger partial charge in [0.25, 0.3) is 5.91 Å². The fourth-order valence-electron chi connectivity index (χ4n) is 4.46. The number of carbonyl (C=O) groups is 2. The molecule has 37 heavy (non-hydrogen) atoms. The zero-order valence-electron chi connectivity index (χ0n) is 21.5. The summed E-state index contributed by atoms with van der Waals surface area (Å²) in [5.41, 5.74) is 3.01. The molecule has 0 spiro atoms. The van der Waals surface area contributed by atoms with Gasteiger partial charge < -0.3 is 28.6 Å². The summed E-state index contributed by atoms with van der Waals surface area (Å²) >= 11 is 0. The maximum Gasteiger partial charge on any atom is 0.337 e. The molecular weight excluding hydrogens is 474 g/mol. The Morgan fingerprint density at radius 3 is 2.03 bits per heavy atom. The van der Waals surface area contributed by atoms with Gasteiger partial charge in [-0.2, -0.15) is 0 Å². The number of nitrogens with zero attached hydrogens (tertiary/aromatic N) is 1. The van der Waals surface area contributed by atoms with Gasteiger partial charge in [-0.25, -0.2) is 4.79 Å². The van der Waals surface area contributed by atoms with Crippen LogP contribution in [0.25, 0.3) is 0 Å². The summed E-state index contributed by atoms with van der Waals surface area (Å²) < 4.78 is 27.5. The van der Waals surface area contributed by atoms with E-state index in [-0.39, 0.29) is 18.6 Å². The van der Waals surface area contributed by atoms with E-state index in [0.29, 0.717) is 47.9 Å². The standard InChI is InChI=1S/C29H31NO7/c1-5-36-22-10-6-19(7-11-22)28(31)30-15-14-21-16-26(33-2)27(34-3)17-24(21)25(30)18-37-23-12-8-20(9-13-23)29(32)35-4/h6-13,16-17,25H,5,14-15,18H2,1-4H3. The second-order valence-electron chi connectivity index (χ2n) is 8.45. The van der Waals surface area contributed by atoms with Gasteiger partial charge in [0.15, 0.2) is 11.5 Å². The number of esters is 1. The lowest BCUT2D eigenvalue weighted by Gasteiger charge is -2.37. The Hall–Kier alpha value is -4.20. The van der Waals surface area contributed by atoms with Crippen LogP contribution in [0, 0.1) is 0 Å². The van der Waals surface area contributed by atoms with Crippen LogP contribution < -0.4 is 18.9 Å². The molecule has 0 fully saturated rings. The maximum atomic E-state index is 13.7. The Kier molecular flexibility index (Phi) is 8.18. The number of fused-ring (bicyclic) bond motifs is 1. The van der Waals surface area contributed by atoms with E-state index >= 15 is 0 Å². The van der Waals surface area contributed by atoms with Gasteiger partial charge in [-0.1, -0.05) is 0 Å². The first kappa shape index (κ1) is 25.9. The van der Waals surface area contributed by atoms with E-state index in [4.69, 9.17) is 23.7 Å². The summed E-state index contributed by atoms with van der Waals surface area (Å²) in [7, 11) is 4.53. The summed E-state index contributed by atoms with van der Waals surface area (Å²) in [6.45, 7) is 3.20. The van der Waals surface area contributed by atoms with Crippen molar-refractivity contribution in [3.8, 4) is 23.0 Å². The van der Waals surface area contributed by atoms with Gasteiger partial charge >= 0.3 is 5.97 Å². The summed E-state index contributed by atoms with van der Waals surface area (Å²) in [6.07, 6.45) is 0.669. The molecule has 1 aliphatic heterocycles. The number of benzene rings is 3. The molecule has 0 bridgehead atoms. The van der Waals surface area contributed by atoms with Crippen molar-refractivity contribution in [3.63, 3.8) is 0 Å². The van der Waals surface area contributed by atoms with Gasteiger partial charge in [-0.05, 0) is 85.1 Å². The Morgan fingerprint density at radius 2 is 1.43 bits per heavy atom. The highest BCUT2D eigenvalue weighted by atomic mass is 16.5. The fraction of sp³-hybridized carbons (Fsp3) is 0.310. The molecule has 3 aromatic carbocycles. The number of carbonyl (C=O) groups excluding carboxylic acids is 2. The lowest BCUT2D eigenvalue weighted by molar-refractivity contribution is 0.0582. The van der Waals surface area contributed by atoms with Crippen LogP contribution in [-0.4, -0.2) is 57.9 Å². The monoisotopic (exact) mass is 505 g/mol. The SMILES string of the molecule is CCOc1ccc(C(=O)N2CCc3cc(OC)c(OC)cc3C2COc2ccc(C(=O)OC)cc2)cc1. The first-order chi connectivity index (χ1) is 18.0. The topological polar surface area (TPSA) is 83.5 Å². The van der Waals surface area contributed by atoms with Gasteiger partial charge in [0.05, 0.1) is 39.5 Å². The second kappa shape index (κ2) is 11.7. The third-order valence-electron chi connectivity index (χ3n) is 6.36. The smallest absolute Gasteiger partial charge is 0.337 e. The highest BCUT2D eigenvalue weighted by Crippen LogP contribution is 2.39. The molecule has 0 aliphatic carbocycles. The molecule has 0 N–H and O–H groups in total. The van der Waals surface area contributed by atoms with Gasteiger partial charge in [0.1, 0.15) is 18.1 Å². The highest BCUT2D eigenvalue weighted by Gasteiger charge is 2.33. The summed E-state index contributed by atoms with van der Waals surface area (Å²) in [5.74, 6) is 2.01. The first-order valence-electron chi connectivity index (χ1n) is 12.1. The van der Waals surface area contributed by atoms with Crippen LogP contribution in [0.4, 0.5) is 0 Å². The van der Waals surface area contributed by atoms with Crippen molar-refractivity contribution in [2.75, 3.05) is 41.1 Å². The van der Waals surface area contributed by atoms with E-state index in [1.165, 1.54) is 7.11 Å². The molecule has 8 nitrogen and oxygen atoms in total. The molecule has 3 aromatic rings. The minimum atomic E-state index is -0.416. The highest BCUT2D eigenvalue weighted by molar-refractivity contribution is 5.95. The van der Waals surface area contributed by atoms with Crippen molar-refractivity contribution < 1.29 is 33.3 Å². The molecule has 0 aromatic heterocycles. The molecule has 0 saturated carbocycles. The Balaban J connectivity index is 1.64. The summed E-state index contributed by atoms with van der Waals surface area (Å²) in [5, 5.41) is 0. The third-order valence-corrected chi connectivity index (χ3v) is 6.36. The van der Waals surface area contributed by atoms with E-state index in [1.54, 1.807) is 62.8 Å². The molecule has 4 rings (SSSR count). The number of hydrogen-bond donors (Lipinski definition) is 0. The second-order valence-corrected chi connectivity index (χ2v) is 8.45. The zero-order valence-corrected chi connectivity index (χ0v) is 21.5. The van der Waals surface area contributed by atoms with Crippen molar-refractivity contribution in [2.45, 2.75) is 19.4 Å². The van der Waals surface area contributed by atoms with Crippen molar-refractivity contribution in [1.29, 1.82) is 0 Å². The van der Waals surface area contributed by atoms with Crippen LogP contribution >= 0.6 is 0 Å². The van der Waals surface area contributed by atoms with E-state index < -0.39 is 5.97 Å². The summed E-state index contributed by atoms with van der Waals surface area (Å²) in [6, 6.07) is 17.4. The van der Waals surface area contributed by atoms with Crippen molar-refractivity contribution in [3.05, 3.63) is 82.9 Å². The fourth-order valence-corrected chi connectivity index (χ4v) is 4.46. The Bertz CT molecular complexity index is 1240. The van der Waals surface area contributed by atoms with Crippen molar-refractivity contribution in [2.24, 2.45) is 0 Å². The Morgan fingerprint density at radius 1 is 0.838 bits per heavy atom. The molecule has 194 valence electrons. The molecule has 8 heteroatoms. The molecule has 1 aliphatic rings. The number of hydrogen-bond acceptors (Lipinski definition) is 7. The third kappa shape index (κ3) is 5.63. The van der Waals surface area contributed by atoms with Gasteiger partial charge in [0, 0.05) is 12.1 Å². The lowest BCUT2D eigenvalue weighted by atomic mass is 9.91. The maximum absolute atomic E-state index is 13.7. The largest absolute Gasteiger partial charge is 0.494 e. The molecule has 1 unspecified atom stereocenters. The lowest BCUT2D eigenvalue weighted by Crippen LogP contribution is -2.42. The van der Waals surface area contributed by atoms with Crippen molar-refractivity contribution in [1.82, 2.24) is 4.90 Å². The number of methoxy groups -OCH3 is 3. The number of amides is 1. The average Bonchev–Trinajstić information content (AvgIpc) is 2.95. The molecule has 1 atom stereocenters. The van der Waals surface area contributed by atoms with E-state index in [9.17, 15) is 9.59 Å². The minimum Gasteiger partial charge on any atom is -0.494 e. The van der Waals surface area contributed by atoms with Gasteiger partial charge in [-0.15, -0.1) is 0 Å². The van der Waals surface area contributed by atoms with Crippen LogP contribution in [-0.2, 0) is 11.2 Å². The zero-order chi connectivity index (χ0) is 26.4. The molecule has 1 heterocycles. The van der Waals surface area contributed by atoms with E-state index in [0.717, 1.165) is 16.9 Å². The van der Waals surface area contributed by atoms with Crippen LogP contribution in [0.3, 0.4) is 0 Å². The van der Waals surface area contributed by atoms with Crippen LogP contribution in [0.1, 0.15) is 44.8 Å². The normalized spacial score (nSPS) is 14.4. The molecule has 0 saturated heterocycles. The number of rotatable bonds is 9. The van der Waals surface area contributed by atoms with E-state index in [2.05, 4.69) is 0 Å². The Labute approximate surface area is 216 Å².